The van der Waals surface area contributed by atoms with Crippen molar-refractivity contribution in [3.8, 4) is 0 Å². The zero-order valence-corrected chi connectivity index (χ0v) is 6.95. The molecule has 0 aromatic carbocycles. The van der Waals surface area contributed by atoms with Gasteiger partial charge < -0.3 is 16.2 Å². The van der Waals surface area contributed by atoms with Gasteiger partial charge in [-0.05, 0) is 6.42 Å². The first-order valence-electron chi connectivity index (χ1n) is 3.68. The molecule has 0 unspecified atom stereocenters. The molecule has 0 aliphatic heterocycles. The number of carbonyl (C=O) groups excluding carboxylic acids is 2. The fraction of sp³-hybridized carbons (Fsp3) is 0.571. The zero-order valence-electron chi connectivity index (χ0n) is 6.95. The van der Waals surface area contributed by atoms with E-state index in [1.807, 2.05) is 0 Å². The van der Waals surface area contributed by atoms with Crippen molar-refractivity contribution >= 4 is 18.2 Å². The predicted molar refractivity (Wildman–Crippen MR) is 43.5 cm³/mol. The van der Waals surface area contributed by atoms with Gasteiger partial charge in [0, 0.05) is 6.42 Å². The maximum absolute atomic E-state index is 10.9. The van der Waals surface area contributed by atoms with Crippen LogP contribution in [0, 0.1) is 0 Å². The standard InChI is InChI=1S/C7H11N2O4/c8-5(1-2-6(11)12)7(13)9-3-4-10/h5H,1-3,8H2,(H,9,13)(H,11,12)/t5-/m0/s1. The van der Waals surface area contributed by atoms with Gasteiger partial charge >= 0.3 is 5.97 Å². The van der Waals surface area contributed by atoms with E-state index in [4.69, 9.17) is 10.8 Å². The van der Waals surface area contributed by atoms with Crippen LogP contribution in [0.25, 0.3) is 0 Å². The lowest BCUT2D eigenvalue weighted by Gasteiger charge is -2.08. The number of nitrogens with two attached hydrogens (primary N) is 1. The summed E-state index contributed by atoms with van der Waals surface area (Å²) < 4.78 is 0. The van der Waals surface area contributed by atoms with E-state index < -0.39 is 17.9 Å². The van der Waals surface area contributed by atoms with Crippen LogP contribution in [-0.4, -0.2) is 35.9 Å². The molecule has 0 fully saturated rings. The van der Waals surface area contributed by atoms with Gasteiger partial charge in [0.05, 0.1) is 12.6 Å². The van der Waals surface area contributed by atoms with E-state index in [2.05, 4.69) is 5.32 Å². The monoisotopic (exact) mass is 187 g/mol. The van der Waals surface area contributed by atoms with E-state index in [-0.39, 0.29) is 19.4 Å². The second-order valence-corrected chi connectivity index (χ2v) is 2.40. The molecule has 73 valence electrons. The average molecular weight is 187 g/mol. The summed E-state index contributed by atoms with van der Waals surface area (Å²) in [5.41, 5.74) is 5.30. The molecule has 0 spiro atoms. The topological polar surface area (TPSA) is 109 Å². The minimum Gasteiger partial charge on any atom is -0.481 e. The van der Waals surface area contributed by atoms with E-state index in [9.17, 15) is 14.4 Å². The normalized spacial score (nSPS) is 11.8. The van der Waals surface area contributed by atoms with Crippen molar-refractivity contribution in [2.24, 2.45) is 5.73 Å². The Morgan fingerprint density at radius 3 is 2.62 bits per heavy atom. The van der Waals surface area contributed by atoms with Crippen LogP contribution in [0.15, 0.2) is 0 Å². The Hall–Kier alpha value is -1.43. The van der Waals surface area contributed by atoms with Gasteiger partial charge in [-0.1, -0.05) is 0 Å². The zero-order chi connectivity index (χ0) is 10.3. The van der Waals surface area contributed by atoms with Crippen molar-refractivity contribution in [2.75, 3.05) is 6.54 Å². The third-order valence-electron chi connectivity index (χ3n) is 1.34. The molecule has 1 atom stereocenters. The number of amides is 1. The summed E-state index contributed by atoms with van der Waals surface area (Å²) in [6.45, 7) is -0.223. The minimum atomic E-state index is -1.01. The van der Waals surface area contributed by atoms with Crippen molar-refractivity contribution in [3.05, 3.63) is 0 Å². The molecular formula is C7H11N2O4. The Labute approximate surface area is 75.1 Å². The number of hydrogen-bond acceptors (Lipinski definition) is 4. The second-order valence-electron chi connectivity index (χ2n) is 2.40. The van der Waals surface area contributed by atoms with Gasteiger partial charge in [-0.3, -0.25) is 14.4 Å². The number of carboxylic acid groups (broad SMARTS) is 1. The summed E-state index contributed by atoms with van der Waals surface area (Å²) in [4.78, 5) is 30.7. The highest BCUT2D eigenvalue weighted by Gasteiger charge is 2.13. The minimum absolute atomic E-state index is 0.0556. The van der Waals surface area contributed by atoms with Crippen LogP contribution in [0.5, 0.6) is 0 Å². The fourth-order valence-electron chi connectivity index (χ4n) is 0.664. The number of rotatable bonds is 6. The predicted octanol–water partition coefficient (Wildman–Crippen LogP) is -1.60. The number of carboxylic acids is 1. The summed E-state index contributed by atoms with van der Waals surface area (Å²) >= 11 is 0. The van der Waals surface area contributed by atoms with E-state index in [0.29, 0.717) is 0 Å². The maximum Gasteiger partial charge on any atom is 0.303 e. The highest BCUT2D eigenvalue weighted by molar-refractivity contribution is 5.83. The molecule has 6 heteroatoms. The molecule has 0 rings (SSSR count). The summed E-state index contributed by atoms with van der Waals surface area (Å²) in [6.07, 6.45) is 1.35. The molecule has 1 amide bonds. The van der Waals surface area contributed by atoms with Gasteiger partial charge in [-0.2, -0.15) is 0 Å². The number of nitrogens with one attached hydrogen (secondary N) is 1. The summed E-state index contributed by atoms with van der Waals surface area (Å²) in [5.74, 6) is -1.55. The Bertz CT molecular complexity index is 205. The van der Waals surface area contributed by atoms with Gasteiger partial charge in [-0.25, -0.2) is 0 Å². The molecule has 0 bridgehead atoms. The van der Waals surface area contributed by atoms with Crippen LogP contribution >= 0.6 is 0 Å². The second kappa shape index (κ2) is 6.13. The van der Waals surface area contributed by atoms with Crippen molar-refractivity contribution in [3.63, 3.8) is 0 Å². The Balaban J connectivity index is 3.68. The fourth-order valence-corrected chi connectivity index (χ4v) is 0.664. The first kappa shape index (κ1) is 11.6. The molecule has 0 aliphatic carbocycles. The van der Waals surface area contributed by atoms with E-state index in [1.54, 1.807) is 0 Å². The van der Waals surface area contributed by atoms with Crippen LogP contribution in [0.2, 0.25) is 0 Å². The van der Waals surface area contributed by atoms with Crippen molar-refractivity contribution in [2.45, 2.75) is 18.9 Å². The molecule has 0 saturated heterocycles. The highest BCUT2D eigenvalue weighted by Crippen LogP contribution is 1.93. The van der Waals surface area contributed by atoms with Crippen LogP contribution in [-0.2, 0) is 14.4 Å². The number of carbonyl (C=O) groups is 2. The highest BCUT2D eigenvalue weighted by atomic mass is 16.4. The molecular weight excluding hydrogens is 176 g/mol. The van der Waals surface area contributed by atoms with Gasteiger partial charge in [-0.15, -0.1) is 0 Å². The van der Waals surface area contributed by atoms with Crippen LogP contribution in [0.1, 0.15) is 12.8 Å². The van der Waals surface area contributed by atoms with E-state index >= 15 is 0 Å². The number of aliphatic carboxylic acids is 1. The summed E-state index contributed by atoms with van der Waals surface area (Å²) in [7, 11) is 0. The van der Waals surface area contributed by atoms with Crippen molar-refractivity contribution in [1.29, 1.82) is 0 Å². The van der Waals surface area contributed by atoms with Crippen LogP contribution in [0.3, 0.4) is 0 Å². The smallest absolute Gasteiger partial charge is 0.303 e. The molecule has 13 heavy (non-hydrogen) atoms. The SMILES string of the molecule is N[C@@H](CCC(=O)O)C(=O)NC[C]=O. The van der Waals surface area contributed by atoms with Crippen molar-refractivity contribution in [1.82, 2.24) is 5.32 Å². The Kier molecular flexibility index (Phi) is 5.45. The maximum atomic E-state index is 10.9. The summed E-state index contributed by atoms with van der Waals surface area (Å²) in [6, 6.07) is -0.885. The largest absolute Gasteiger partial charge is 0.481 e. The van der Waals surface area contributed by atoms with Gasteiger partial charge in [0.15, 0.2) is 0 Å². The molecule has 0 aromatic heterocycles. The summed E-state index contributed by atoms with van der Waals surface area (Å²) in [5, 5.41) is 10.4. The van der Waals surface area contributed by atoms with Gasteiger partial charge in [0.1, 0.15) is 0 Å². The average Bonchev–Trinajstić information content (AvgIpc) is 2.10. The molecule has 1 radical (unpaired) electrons. The van der Waals surface area contributed by atoms with Crippen LogP contribution < -0.4 is 11.1 Å². The molecule has 0 aromatic rings. The van der Waals surface area contributed by atoms with E-state index in [1.165, 1.54) is 6.29 Å². The molecule has 0 heterocycles. The first-order valence-corrected chi connectivity index (χ1v) is 3.68. The molecule has 4 N–H and O–H groups in total. The molecule has 0 aliphatic rings. The lowest BCUT2D eigenvalue weighted by molar-refractivity contribution is -0.137. The Morgan fingerprint density at radius 1 is 1.54 bits per heavy atom. The third kappa shape index (κ3) is 5.80. The lowest BCUT2D eigenvalue weighted by atomic mass is 10.1. The Morgan fingerprint density at radius 2 is 2.15 bits per heavy atom. The third-order valence-corrected chi connectivity index (χ3v) is 1.34. The number of hydrogen-bond donors (Lipinski definition) is 3. The van der Waals surface area contributed by atoms with Crippen LogP contribution in [0.4, 0.5) is 0 Å². The van der Waals surface area contributed by atoms with Gasteiger partial charge in [0.2, 0.25) is 12.2 Å². The first-order chi connectivity index (χ1) is 6.07. The molecule has 6 nitrogen and oxygen atoms in total. The molecule has 0 saturated carbocycles. The van der Waals surface area contributed by atoms with E-state index in [0.717, 1.165) is 0 Å². The lowest BCUT2D eigenvalue weighted by Crippen LogP contribution is -2.41. The van der Waals surface area contributed by atoms with Crippen molar-refractivity contribution < 1.29 is 19.5 Å². The quantitative estimate of drug-likeness (QED) is 0.464. The van der Waals surface area contributed by atoms with Gasteiger partial charge in [0.25, 0.3) is 0 Å².